The van der Waals surface area contributed by atoms with Crippen LogP contribution >= 0.6 is 0 Å². The second-order valence-corrected chi connectivity index (χ2v) is 12.6. The molecule has 10 nitrogen and oxygen atoms in total. The first-order valence-electron chi connectivity index (χ1n) is 12.3. The van der Waals surface area contributed by atoms with Crippen LogP contribution in [0.4, 0.5) is 17.1 Å². The molecule has 0 bridgehead atoms. The average Bonchev–Trinajstić information content (AvgIpc) is 3.16. The fraction of sp³-hybridized carbons (Fsp3) is 0.179. The molecule has 5 rings (SSSR count). The fourth-order valence-corrected chi connectivity index (χ4v) is 7.43. The highest BCUT2D eigenvalue weighted by Gasteiger charge is 2.35. The predicted molar refractivity (Wildman–Crippen MR) is 153 cm³/mol. The number of carbonyl (C=O) groups excluding carboxylic acids is 1. The monoisotopic (exact) mass is 581 g/mol. The van der Waals surface area contributed by atoms with E-state index >= 15 is 0 Å². The highest BCUT2D eigenvalue weighted by atomic mass is 32.2. The van der Waals surface area contributed by atoms with Gasteiger partial charge in [0.15, 0.2) is 0 Å². The highest BCUT2D eigenvalue weighted by Crippen LogP contribution is 2.42. The molecule has 40 heavy (non-hydrogen) atoms. The lowest BCUT2D eigenvalue weighted by atomic mass is 10.1. The first-order chi connectivity index (χ1) is 19.1. The highest BCUT2D eigenvalue weighted by molar-refractivity contribution is 7.93. The fourth-order valence-electron chi connectivity index (χ4n) is 4.62. The minimum atomic E-state index is -3.95. The zero-order valence-electron chi connectivity index (χ0n) is 21.7. The molecule has 12 heteroatoms. The van der Waals surface area contributed by atoms with Crippen LogP contribution < -0.4 is 23.8 Å². The second-order valence-electron chi connectivity index (χ2n) is 9.06. The zero-order valence-corrected chi connectivity index (χ0v) is 23.4. The summed E-state index contributed by atoms with van der Waals surface area (Å²) in [6, 6.07) is 21.1. The number of rotatable bonds is 10. The molecule has 0 saturated carbocycles. The first kappa shape index (κ1) is 27.3. The summed E-state index contributed by atoms with van der Waals surface area (Å²) in [4.78, 5) is 12.8. The number of ether oxygens (including phenoxy) is 2. The van der Waals surface area contributed by atoms with E-state index in [0.29, 0.717) is 34.7 Å². The lowest BCUT2D eigenvalue weighted by Gasteiger charge is -2.18. The molecule has 0 fully saturated rings. The average molecular weight is 582 g/mol. The summed E-state index contributed by atoms with van der Waals surface area (Å²) in [5.41, 5.74) is 1.25. The van der Waals surface area contributed by atoms with Crippen LogP contribution in [0.15, 0.2) is 88.7 Å². The van der Waals surface area contributed by atoms with Crippen LogP contribution in [0.1, 0.15) is 12.8 Å². The van der Waals surface area contributed by atoms with Gasteiger partial charge in [0, 0.05) is 30.1 Å². The number of benzene rings is 4. The smallest absolute Gasteiger partial charge is 0.265 e. The van der Waals surface area contributed by atoms with E-state index in [4.69, 9.17) is 9.47 Å². The van der Waals surface area contributed by atoms with Crippen molar-refractivity contribution in [1.29, 1.82) is 0 Å². The van der Waals surface area contributed by atoms with Crippen molar-refractivity contribution >= 4 is 53.8 Å². The molecule has 1 heterocycles. The normalized spacial score (nSPS) is 13.7. The lowest BCUT2D eigenvalue weighted by Crippen LogP contribution is -2.28. The van der Waals surface area contributed by atoms with E-state index in [2.05, 4.69) is 10.0 Å². The summed E-state index contributed by atoms with van der Waals surface area (Å²) in [6.07, 6.45) is 0.379. The Labute approximate surface area is 232 Å². The van der Waals surface area contributed by atoms with Crippen molar-refractivity contribution in [3.8, 4) is 11.5 Å². The molecule has 0 aromatic heterocycles. The maximum Gasteiger partial charge on any atom is 0.265 e. The van der Waals surface area contributed by atoms with Gasteiger partial charge in [-0.15, -0.1) is 0 Å². The molecule has 0 saturated heterocycles. The molecule has 1 aliphatic rings. The Kier molecular flexibility index (Phi) is 7.30. The number of anilines is 3. The standard InChI is InChI=1S/C28H27N3O7S2/c1-37-21-13-16-25(38-2)23(18-21)30-39(33,34)22-14-11-20(12-15-22)29-27(32)10-5-17-31-24-8-3-6-19-7-4-9-26(28(19)24)40(31,35)36/h3-4,6-9,11-16,18,30H,5,10,17H2,1-2H3,(H,29,32). The molecule has 4 aromatic carbocycles. The summed E-state index contributed by atoms with van der Waals surface area (Å²) >= 11 is 0. The molecule has 1 aliphatic heterocycles. The SMILES string of the molecule is COc1ccc(OC)c(NS(=O)(=O)c2ccc(NC(=O)CCCN3c4cccc5cccc(c45)S3(=O)=O)cc2)c1. The number of sulfonamides is 2. The van der Waals surface area contributed by atoms with Crippen LogP contribution in [-0.4, -0.2) is 43.5 Å². The van der Waals surface area contributed by atoms with Gasteiger partial charge in [-0.3, -0.25) is 13.8 Å². The Balaban J connectivity index is 1.20. The van der Waals surface area contributed by atoms with E-state index in [0.717, 1.165) is 5.39 Å². The van der Waals surface area contributed by atoms with Crippen LogP contribution in [-0.2, 0) is 24.8 Å². The molecule has 0 unspecified atom stereocenters. The largest absolute Gasteiger partial charge is 0.497 e. The van der Waals surface area contributed by atoms with Crippen LogP contribution in [0, 0.1) is 0 Å². The van der Waals surface area contributed by atoms with Crippen LogP contribution in [0.3, 0.4) is 0 Å². The second kappa shape index (κ2) is 10.7. The van der Waals surface area contributed by atoms with Crippen molar-refractivity contribution in [3.63, 3.8) is 0 Å². The maximum atomic E-state index is 13.1. The van der Waals surface area contributed by atoms with Crippen molar-refractivity contribution < 1.29 is 31.1 Å². The molecule has 0 spiro atoms. The van der Waals surface area contributed by atoms with Crippen LogP contribution in [0.25, 0.3) is 10.8 Å². The van der Waals surface area contributed by atoms with E-state index in [9.17, 15) is 21.6 Å². The number of nitrogens with zero attached hydrogens (tertiary/aromatic N) is 1. The van der Waals surface area contributed by atoms with Crippen molar-refractivity contribution in [2.75, 3.05) is 35.1 Å². The molecule has 1 amide bonds. The molecular weight excluding hydrogens is 554 g/mol. The summed E-state index contributed by atoms with van der Waals surface area (Å²) < 4.78 is 66.2. The van der Waals surface area contributed by atoms with Crippen molar-refractivity contribution in [1.82, 2.24) is 0 Å². The molecule has 0 atom stereocenters. The van der Waals surface area contributed by atoms with E-state index in [1.165, 1.54) is 48.9 Å². The third-order valence-corrected chi connectivity index (χ3v) is 9.78. The minimum absolute atomic E-state index is 0.0108. The lowest BCUT2D eigenvalue weighted by molar-refractivity contribution is -0.116. The Bertz CT molecular complexity index is 1800. The summed E-state index contributed by atoms with van der Waals surface area (Å²) in [5, 5.41) is 4.28. The molecule has 4 aromatic rings. The van der Waals surface area contributed by atoms with E-state index in [-0.39, 0.29) is 34.4 Å². The van der Waals surface area contributed by atoms with Gasteiger partial charge in [0.25, 0.3) is 20.0 Å². The Morgan fingerprint density at radius 1 is 0.925 bits per heavy atom. The minimum Gasteiger partial charge on any atom is -0.497 e. The number of carbonyl (C=O) groups is 1. The van der Waals surface area contributed by atoms with E-state index in [1.807, 2.05) is 18.2 Å². The van der Waals surface area contributed by atoms with E-state index < -0.39 is 20.0 Å². The Morgan fingerprint density at radius 3 is 2.35 bits per heavy atom. The third kappa shape index (κ3) is 5.15. The third-order valence-electron chi connectivity index (χ3n) is 6.55. The first-order valence-corrected chi connectivity index (χ1v) is 15.3. The summed E-state index contributed by atoms with van der Waals surface area (Å²) in [6.45, 7) is 0.153. The Morgan fingerprint density at radius 2 is 1.65 bits per heavy atom. The number of methoxy groups -OCH3 is 2. The van der Waals surface area contributed by atoms with Gasteiger partial charge in [0.05, 0.1) is 35.4 Å². The zero-order chi connectivity index (χ0) is 28.5. The number of nitrogens with one attached hydrogen (secondary N) is 2. The van der Waals surface area contributed by atoms with E-state index in [1.54, 1.807) is 30.3 Å². The van der Waals surface area contributed by atoms with Gasteiger partial charge in [0.2, 0.25) is 5.91 Å². The molecule has 2 N–H and O–H groups in total. The van der Waals surface area contributed by atoms with Crippen molar-refractivity contribution in [2.24, 2.45) is 0 Å². The molecular formula is C28H27N3O7S2. The van der Waals surface area contributed by atoms with Gasteiger partial charge in [-0.05, 0) is 60.3 Å². The summed E-state index contributed by atoms with van der Waals surface area (Å²) in [7, 11) is -4.73. The van der Waals surface area contributed by atoms with Gasteiger partial charge in [-0.2, -0.15) is 0 Å². The summed E-state index contributed by atoms with van der Waals surface area (Å²) in [5.74, 6) is 0.471. The van der Waals surface area contributed by atoms with Gasteiger partial charge >= 0.3 is 0 Å². The topological polar surface area (TPSA) is 131 Å². The van der Waals surface area contributed by atoms with Crippen LogP contribution in [0.5, 0.6) is 11.5 Å². The van der Waals surface area contributed by atoms with Crippen molar-refractivity contribution in [2.45, 2.75) is 22.6 Å². The quantitative estimate of drug-likeness (QED) is 0.280. The Hall–Kier alpha value is -4.29. The molecule has 0 aliphatic carbocycles. The van der Waals surface area contributed by atoms with Gasteiger partial charge in [-0.1, -0.05) is 24.3 Å². The van der Waals surface area contributed by atoms with Gasteiger partial charge < -0.3 is 14.8 Å². The maximum absolute atomic E-state index is 13.1. The van der Waals surface area contributed by atoms with Gasteiger partial charge in [0.1, 0.15) is 11.5 Å². The molecule has 208 valence electrons. The number of hydrogen-bond acceptors (Lipinski definition) is 7. The van der Waals surface area contributed by atoms with Crippen molar-refractivity contribution in [3.05, 3.63) is 78.9 Å². The molecule has 0 radical (unpaired) electrons. The number of amides is 1. The predicted octanol–water partition coefficient (Wildman–Crippen LogP) is 4.59. The number of hydrogen-bond donors (Lipinski definition) is 2. The van der Waals surface area contributed by atoms with Crippen LogP contribution in [0.2, 0.25) is 0 Å². The van der Waals surface area contributed by atoms with Gasteiger partial charge in [-0.25, -0.2) is 16.8 Å².